The van der Waals surface area contributed by atoms with Crippen molar-refractivity contribution in [1.82, 2.24) is 15.1 Å². The smallest absolute Gasteiger partial charge is 0.271 e. The summed E-state index contributed by atoms with van der Waals surface area (Å²) in [6.45, 7) is 5.25. The number of aliphatic hydroxyl groups is 1. The van der Waals surface area contributed by atoms with E-state index in [4.69, 9.17) is 9.52 Å². The summed E-state index contributed by atoms with van der Waals surface area (Å²) < 4.78 is 7.28. The van der Waals surface area contributed by atoms with Gasteiger partial charge in [0.25, 0.3) is 5.91 Å². The Bertz CT molecular complexity index is 605. The second-order valence-corrected chi connectivity index (χ2v) is 5.82. The van der Waals surface area contributed by atoms with Gasteiger partial charge < -0.3 is 14.8 Å². The lowest BCUT2D eigenvalue weighted by atomic mass is 10.2. The summed E-state index contributed by atoms with van der Waals surface area (Å²) in [4.78, 5) is 12.2. The first kappa shape index (κ1) is 17.3. The van der Waals surface area contributed by atoms with E-state index in [2.05, 4.69) is 17.3 Å². The molecule has 2 N–H and O–H groups in total. The molecule has 23 heavy (non-hydrogen) atoms. The molecule has 1 amide bonds. The zero-order chi connectivity index (χ0) is 16.7. The van der Waals surface area contributed by atoms with Crippen molar-refractivity contribution in [2.24, 2.45) is 5.92 Å². The number of aryl methyl sites for hydroxylation is 1. The number of carbonyl (C=O) groups excluding carboxylic acids is 1. The van der Waals surface area contributed by atoms with Gasteiger partial charge in [0.1, 0.15) is 5.69 Å². The Balaban J connectivity index is 2.14. The molecule has 0 saturated heterocycles. The van der Waals surface area contributed by atoms with Crippen LogP contribution in [0.25, 0.3) is 11.5 Å². The van der Waals surface area contributed by atoms with Gasteiger partial charge in [-0.1, -0.05) is 26.7 Å². The SMILES string of the molecule is CCCCCn1nc(C(=O)NCC(C)CO)cc1-c1ccco1. The topological polar surface area (TPSA) is 80.3 Å². The van der Waals surface area contributed by atoms with Crippen molar-refractivity contribution < 1.29 is 14.3 Å². The molecule has 0 radical (unpaired) electrons. The van der Waals surface area contributed by atoms with Crippen LogP contribution in [0.15, 0.2) is 28.9 Å². The Kier molecular flexibility index (Phi) is 6.40. The van der Waals surface area contributed by atoms with Crippen LogP contribution in [0.2, 0.25) is 0 Å². The lowest BCUT2D eigenvalue weighted by molar-refractivity contribution is 0.0936. The van der Waals surface area contributed by atoms with Crippen molar-refractivity contribution in [1.29, 1.82) is 0 Å². The third kappa shape index (κ3) is 4.69. The molecule has 0 fully saturated rings. The van der Waals surface area contributed by atoms with Gasteiger partial charge in [0.15, 0.2) is 11.5 Å². The quantitative estimate of drug-likeness (QED) is 0.696. The van der Waals surface area contributed by atoms with Gasteiger partial charge in [-0.2, -0.15) is 5.10 Å². The van der Waals surface area contributed by atoms with Crippen LogP contribution in [0.5, 0.6) is 0 Å². The normalized spacial score (nSPS) is 12.3. The van der Waals surface area contributed by atoms with E-state index in [-0.39, 0.29) is 18.4 Å². The molecule has 0 aromatic carbocycles. The van der Waals surface area contributed by atoms with E-state index in [9.17, 15) is 4.79 Å². The minimum absolute atomic E-state index is 0.0233. The first-order valence-corrected chi connectivity index (χ1v) is 8.16. The number of aromatic nitrogens is 2. The van der Waals surface area contributed by atoms with Gasteiger partial charge in [0.05, 0.1) is 6.26 Å². The largest absolute Gasteiger partial charge is 0.463 e. The standard InChI is InChI=1S/C17H25N3O3/c1-3-4-5-8-20-15(16-7-6-9-23-16)10-14(19-20)17(22)18-11-13(2)12-21/h6-7,9-10,13,21H,3-5,8,11-12H2,1-2H3,(H,18,22). The van der Waals surface area contributed by atoms with Gasteiger partial charge in [-0.05, 0) is 24.5 Å². The fraction of sp³-hybridized carbons (Fsp3) is 0.529. The predicted octanol–water partition coefficient (Wildman–Crippen LogP) is 2.69. The first-order valence-electron chi connectivity index (χ1n) is 8.16. The van der Waals surface area contributed by atoms with E-state index in [1.807, 2.05) is 23.7 Å². The molecular weight excluding hydrogens is 294 g/mol. The average molecular weight is 319 g/mol. The molecule has 0 aliphatic heterocycles. The summed E-state index contributed by atoms with van der Waals surface area (Å²) in [6, 6.07) is 5.44. The van der Waals surface area contributed by atoms with Gasteiger partial charge in [0.2, 0.25) is 0 Å². The molecule has 6 nitrogen and oxygen atoms in total. The van der Waals surface area contributed by atoms with Crippen molar-refractivity contribution in [3.8, 4) is 11.5 Å². The molecule has 2 heterocycles. The highest BCUT2D eigenvalue weighted by Gasteiger charge is 2.17. The van der Waals surface area contributed by atoms with E-state index in [1.165, 1.54) is 0 Å². The molecule has 2 aromatic rings. The number of rotatable bonds is 9. The van der Waals surface area contributed by atoms with Crippen molar-refractivity contribution in [2.75, 3.05) is 13.2 Å². The Morgan fingerprint density at radius 3 is 2.96 bits per heavy atom. The average Bonchev–Trinajstić information content (AvgIpc) is 3.21. The number of nitrogens with zero attached hydrogens (tertiary/aromatic N) is 2. The van der Waals surface area contributed by atoms with Crippen LogP contribution in [-0.2, 0) is 6.54 Å². The lowest BCUT2D eigenvalue weighted by Crippen LogP contribution is -2.29. The van der Waals surface area contributed by atoms with Crippen LogP contribution >= 0.6 is 0 Å². The maximum Gasteiger partial charge on any atom is 0.271 e. The van der Waals surface area contributed by atoms with Crippen LogP contribution in [0.3, 0.4) is 0 Å². The number of aliphatic hydroxyl groups excluding tert-OH is 1. The van der Waals surface area contributed by atoms with Gasteiger partial charge in [-0.25, -0.2) is 0 Å². The van der Waals surface area contributed by atoms with Gasteiger partial charge >= 0.3 is 0 Å². The zero-order valence-electron chi connectivity index (χ0n) is 13.8. The van der Waals surface area contributed by atoms with Crippen LogP contribution in [0, 0.1) is 5.92 Å². The minimum Gasteiger partial charge on any atom is -0.463 e. The Labute approximate surface area is 136 Å². The van der Waals surface area contributed by atoms with E-state index >= 15 is 0 Å². The van der Waals surface area contributed by atoms with Crippen molar-refractivity contribution in [2.45, 2.75) is 39.7 Å². The van der Waals surface area contributed by atoms with Crippen LogP contribution in [0.1, 0.15) is 43.6 Å². The number of amides is 1. The molecule has 0 saturated carbocycles. The second kappa shape index (κ2) is 8.53. The molecule has 2 rings (SSSR count). The molecule has 1 unspecified atom stereocenters. The van der Waals surface area contributed by atoms with Crippen LogP contribution in [-0.4, -0.2) is 33.9 Å². The summed E-state index contributed by atoms with van der Waals surface area (Å²) in [7, 11) is 0. The summed E-state index contributed by atoms with van der Waals surface area (Å²) in [5.41, 5.74) is 1.18. The minimum atomic E-state index is -0.229. The molecule has 1 atom stereocenters. The lowest BCUT2D eigenvalue weighted by Gasteiger charge is -2.08. The molecule has 126 valence electrons. The van der Waals surface area contributed by atoms with Crippen LogP contribution < -0.4 is 5.32 Å². The predicted molar refractivity (Wildman–Crippen MR) is 88.0 cm³/mol. The van der Waals surface area contributed by atoms with E-state index < -0.39 is 0 Å². The fourth-order valence-electron chi connectivity index (χ4n) is 2.25. The molecule has 6 heteroatoms. The molecule has 2 aromatic heterocycles. The maximum absolute atomic E-state index is 12.2. The Morgan fingerprint density at radius 1 is 1.48 bits per heavy atom. The van der Waals surface area contributed by atoms with E-state index in [0.29, 0.717) is 18.0 Å². The molecular formula is C17H25N3O3. The second-order valence-electron chi connectivity index (χ2n) is 5.82. The summed E-state index contributed by atoms with van der Waals surface area (Å²) in [5, 5.41) is 16.2. The van der Waals surface area contributed by atoms with Crippen molar-refractivity contribution in [3.63, 3.8) is 0 Å². The van der Waals surface area contributed by atoms with Crippen molar-refractivity contribution in [3.05, 3.63) is 30.2 Å². The van der Waals surface area contributed by atoms with Crippen molar-refractivity contribution >= 4 is 5.91 Å². The maximum atomic E-state index is 12.2. The summed E-state index contributed by atoms with van der Waals surface area (Å²) in [6.07, 6.45) is 4.87. The van der Waals surface area contributed by atoms with Gasteiger partial charge in [0, 0.05) is 25.8 Å². The first-order chi connectivity index (χ1) is 11.2. The number of nitrogens with one attached hydrogen (secondary N) is 1. The van der Waals surface area contributed by atoms with E-state index in [0.717, 1.165) is 31.5 Å². The highest BCUT2D eigenvalue weighted by Crippen LogP contribution is 2.22. The van der Waals surface area contributed by atoms with Gasteiger partial charge in [-0.15, -0.1) is 0 Å². The third-order valence-corrected chi connectivity index (χ3v) is 3.68. The van der Waals surface area contributed by atoms with Crippen LogP contribution in [0.4, 0.5) is 0 Å². The van der Waals surface area contributed by atoms with E-state index in [1.54, 1.807) is 12.3 Å². The van der Waals surface area contributed by atoms with Gasteiger partial charge in [-0.3, -0.25) is 9.48 Å². The Hall–Kier alpha value is -2.08. The number of furan rings is 1. The highest BCUT2D eigenvalue weighted by atomic mass is 16.3. The monoisotopic (exact) mass is 319 g/mol. The Morgan fingerprint density at radius 2 is 2.30 bits per heavy atom. The molecule has 0 aliphatic carbocycles. The summed E-state index contributed by atoms with van der Waals surface area (Å²) in [5.74, 6) is 0.499. The highest BCUT2D eigenvalue weighted by molar-refractivity contribution is 5.93. The molecule has 0 aliphatic rings. The summed E-state index contributed by atoms with van der Waals surface area (Å²) >= 11 is 0. The molecule has 0 bridgehead atoms. The fourth-order valence-corrected chi connectivity index (χ4v) is 2.25. The number of hydrogen-bond donors (Lipinski definition) is 2. The zero-order valence-corrected chi connectivity index (χ0v) is 13.8. The molecule has 0 spiro atoms. The number of carbonyl (C=O) groups is 1. The number of unbranched alkanes of at least 4 members (excludes halogenated alkanes) is 2. The third-order valence-electron chi connectivity index (χ3n) is 3.68. The number of hydrogen-bond acceptors (Lipinski definition) is 4.